The van der Waals surface area contributed by atoms with Crippen LogP contribution in [0, 0.1) is 0 Å². The van der Waals surface area contributed by atoms with Crippen LogP contribution in [0.5, 0.6) is 5.75 Å². The van der Waals surface area contributed by atoms with Gasteiger partial charge in [-0.15, -0.1) is 0 Å². The fourth-order valence-corrected chi connectivity index (χ4v) is 3.61. The van der Waals surface area contributed by atoms with Crippen LogP contribution < -0.4 is 20.1 Å². The Morgan fingerprint density at radius 3 is 2.64 bits per heavy atom. The van der Waals surface area contributed by atoms with Gasteiger partial charge in [0.1, 0.15) is 12.1 Å². The molecular weight excluding hydrogens is 444 g/mol. The van der Waals surface area contributed by atoms with Crippen molar-refractivity contribution >= 4 is 49.9 Å². The highest BCUT2D eigenvalue weighted by molar-refractivity contribution is 9.10. The molecule has 4 rings (SSSR count). The van der Waals surface area contributed by atoms with E-state index >= 15 is 0 Å². The number of benzene rings is 2. The van der Waals surface area contributed by atoms with Crippen molar-refractivity contribution in [2.75, 3.05) is 11.9 Å². The van der Waals surface area contributed by atoms with Crippen molar-refractivity contribution in [3.05, 3.63) is 79.8 Å². The van der Waals surface area contributed by atoms with Crippen LogP contribution in [0.3, 0.4) is 0 Å². The second kappa shape index (κ2) is 7.91. The van der Waals surface area contributed by atoms with E-state index in [1.54, 1.807) is 30.3 Å². The van der Waals surface area contributed by atoms with E-state index in [1.165, 1.54) is 22.2 Å². The molecule has 1 amide bonds. The first-order valence-electron chi connectivity index (χ1n) is 8.21. The van der Waals surface area contributed by atoms with Gasteiger partial charge in [0.15, 0.2) is 6.61 Å². The van der Waals surface area contributed by atoms with Gasteiger partial charge in [0, 0.05) is 10.2 Å². The van der Waals surface area contributed by atoms with E-state index in [0.717, 1.165) is 10.0 Å². The summed E-state index contributed by atoms with van der Waals surface area (Å²) < 4.78 is 8.28. The Labute approximate surface area is 171 Å². The molecule has 0 aliphatic carbocycles. The maximum absolute atomic E-state index is 12.2. The van der Waals surface area contributed by atoms with E-state index in [0.29, 0.717) is 20.9 Å². The number of nitrogens with zero attached hydrogens (tertiary/aromatic N) is 3. The van der Waals surface area contributed by atoms with Crippen LogP contribution in [0.15, 0.2) is 64.1 Å². The number of amides is 1. The number of hydrogen-bond donors (Lipinski definition) is 1. The second-order valence-corrected chi connectivity index (χ2v) is 7.71. The third-order valence-corrected chi connectivity index (χ3v) is 5.30. The Hall–Kier alpha value is -3.04. The molecule has 9 heteroatoms. The molecule has 0 radical (unpaired) electrons. The third kappa shape index (κ3) is 4.10. The van der Waals surface area contributed by atoms with Crippen LogP contribution in [0.1, 0.15) is 5.56 Å². The molecule has 0 aliphatic heterocycles. The smallest absolute Gasteiger partial charge is 0.291 e. The first kappa shape index (κ1) is 18.3. The van der Waals surface area contributed by atoms with Gasteiger partial charge in [-0.3, -0.25) is 9.59 Å². The summed E-state index contributed by atoms with van der Waals surface area (Å²) in [6.07, 6.45) is 3.13. The molecule has 4 aromatic rings. The Kier molecular flexibility index (Phi) is 5.18. The molecule has 2 aromatic carbocycles. The van der Waals surface area contributed by atoms with Gasteiger partial charge in [0.05, 0.1) is 4.53 Å². The maximum Gasteiger partial charge on any atom is 0.291 e. The average molecular weight is 457 g/mol. The summed E-state index contributed by atoms with van der Waals surface area (Å²) in [4.78, 5) is 28.7. The molecule has 0 atom stereocenters. The minimum absolute atomic E-state index is 0.0996. The number of aromatic nitrogens is 3. The number of hydrogen-bond acceptors (Lipinski definition) is 6. The quantitative estimate of drug-likeness (QED) is 0.498. The van der Waals surface area contributed by atoms with Crippen molar-refractivity contribution in [3.63, 3.8) is 0 Å². The fraction of sp³-hybridized carbons (Fsp3) is 0.0526. The number of carbonyl (C=O) groups excluding carboxylic acids is 1. The zero-order valence-electron chi connectivity index (χ0n) is 14.3. The van der Waals surface area contributed by atoms with E-state index in [-0.39, 0.29) is 18.1 Å². The van der Waals surface area contributed by atoms with Crippen molar-refractivity contribution in [2.24, 2.45) is 0 Å². The molecule has 28 heavy (non-hydrogen) atoms. The second-order valence-electron chi connectivity index (χ2n) is 5.78. The lowest BCUT2D eigenvalue weighted by Crippen LogP contribution is -2.23. The molecule has 0 unspecified atom stereocenters. The summed E-state index contributed by atoms with van der Waals surface area (Å²) in [5.41, 5.74) is 1.35. The van der Waals surface area contributed by atoms with Gasteiger partial charge in [-0.25, -0.2) is 4.98 Å². The van der Waals surface area contributed by atoms with E-state index in [9.17, 15) is 9.59 Å². The maximum atomic E-state index is 12.2. The molecule has 0 saturated carbocycles. The average Bonchev–Trinajstić information content (AvgIpc) is 3.26. The number of ether oxygens (including phenoxy) is 1. The van der Waals surface area contributed by atoms with E-state index < -0.39 is 0 Å². The van der Waals surface area contributed by atoms with Gasteiger partial charge in [-0.2, -0.15) is 9.61 Å². The third-order valence-electron chi connectivity index (χ3n) is 3.80. The highest BCUT2D eigenvalue weighted by atomic mass is 79.9. The summed E-state index contributed by atoms with van der Waals surface area (Å²) in [6.45, 7) is -0.0996. The first-order valence-corrected chi connectivity index (χ1v) is 9.82. The lowest BCUT2D eigenvalue weighted by atomic mass is 10.2. The number of anilines is 1. The van der Waals surface area contributed by atoms with Crippen LogP contribution >= 0.6 is 27.3 Å². The van der Waals surface area contributed by atoms with Crippen molar-refractivity contribution in [2.45, 2.75) is 0 Å². The van der Waals surface area contributed by atoms with E-state index in [1.807, 2.05) is 24.3 Å². The lowest BCUT2D eigenvalue weighted by Gasteiger charge is -2.08. The summed E-state index contributed by atoms with van der Waals surface area (Å²) in [7, 11) is 0. The van der Waals surface area contributed by atoms with Crippen LogP contribution in [0.4, 0.5) is 5.69 Å². The zero-order valence-corrected chi connectivity index (χ0v) is 16.7. The molecule has 2 aromatic heterocycles. The molecule has 0 spiro atoms. The Balaban J connectivity index is 1.39. The fourth-order valence-electron chi connectivity index (χ4n) is 2.47. The van der Waals surface area contributed by atoms with E-state index in [4.69, 9.17) is 4.74 Å². The summed E-state index contributed by atoms with van der Waals surface area (Å²) in [5.74, 6) is 0.316. The standard InChI is InChI=1S/C19H13BrN4O3S/c20-13-3-5-14(6-4-13)23-17(25)10-27-15-7-1-12(2-8-15)9-16-18(26)24-19(28-16)21-11-22-24/h1-9,11H,10H2,(H,23,25)/b16-9-. The van der Waals surface area contributed by atoms with Crippen molar-refractivity contribution in [1.82, 2.24) is 14.6 Å². The van der Waals surface area contributed by atoms with Gasteiger partial charge in [0.2, 0.25) is 4.96 Å². The number of halogens is 1. The Bertz CT molecular complexity index is 1230. The molecule has 1 N–H and O–H groups in total. The number of carbonyl (C=O) groups is 1. The molecular formula is C19H13BrN4O3S. The largest absolute Gasteiger partial charge is 0.484 e. The van der Waals surface area contributed by atoms with Crippen LogP contribution in [0.25, 0.3) is 11.0 Å². The lowest BCUT2D eigenvalue weighted by molar-refractivity contribution is -0.118. The van der Waals surface area contributed by atoms with Crippen molar-refractivity contribution < 1.29 is 9.53 Å². The van der Waals surface area contributed by atoms with Gasteiger partial charge in [-0.1, -0.05) is 39.4 Å². The SMILES string of the molecule is O=C(COc1ccc(/C=c2\sc3ncnn3c2=O)cc1)Nc1ccc(Br)cc1. The summed E-state index contributed by atoms with van der Waals surface area (Å²) >= 11 is 4.63. The van der Waals surface area contributed by atoms with Gasteiger partial charge in [0.25, 0.3) is 11.5 Å². The van der Waals surface area contributed by atoms with Crippen LogP contribution in [-0.4, -0.2) is 27.1 Å². The number of nitrogens with one attached hydrogen (secondary N) is 1. The monoisotopic (exact) mass is 456 g/mol. The zero-order chi connectivity index (χ0) is 19.5. The summed E-state index contributed by atoms with van der Waals surface area (Å²) in [6, 6.07) is 14.4. The highest BCUT2D eigenvalue weighted by Crippen LogP contribution is 2.15. The minimum Gasteiger partial charge on any atom is -0.484 e. The molecule has 2 heterocycles. The van der Waals surface area contributed by atoms with Crippen molar-refractivity contribution in [3.8, 4) is 5.75 Å². The van der Waals surface area contributed by atoms with Crippen LogP contribution in [0.2, 0.25) is 0 Å². The van der Waals surface area contributed by atoms with Gasteiger partial charge >= 0.3 is 0 Å². The Morgan fingerprint density at radius 2 is 1.93 bits per heavy atom. The van der Waals surface area contributed by atoms with Crippen LogP contribution in [-0.2, 0) is 4.79 Å². The Morgan fingerprint density at radius 1 is 1.18 bits per heavy atom. The molecule has 0 saturated heterocycles. The topological polar surface area (TPSA) is 85.6 Å². The first-order chi connectivity index (χ1) is 13.6. The minimum atomic E-state index is -0.247. The normalized spacial score (nSPS) is 11.7. The molecule has 0 aliphatic rings. The number of thiazole rings is 1. The highest BCUT2D eigenvalue weighted by Gasteiger charge is 2.06. The predicted octanol–water partition coefficient (Wildman–Crippen LogP) is 2.48. The number of rotatable bonds is 5. The predicted molar refractivity (Wildman–Crippen MR) is 111 cm³/mol. The number of fused-ring (bicyclic) bond motifs is 1. The van der Waals surface area contributed by atoms with Gasteiger partial charge < -0.3 is 10.1 Å². The molecule has 7 nitrogen and oxygen atoms in total. The molecule has 0 fully saturated rings. The van der Waals surface area contributed by atoms with E-state index in [2.05, 4.69) is 31.3 Å². The molecule has 140 valence electrons. The molecule has 0 bridgehead atoms. The summed E-state index contributed by atoms with van der Waals surface area (Å²) in [5, 5.41) is 6.65. The van der Waals surface area contributed by atoms with Crippen molar-refractivity contribution in [1.29, 1.82) is 0 Å². The van der Waals surface area contributed by atoms with Gasteiger partial charge in [-0.05, 0) is 48.0 Å².